The van der Waals surface area contributed by atoms with Gasteiger partial charge in [0.1, 0.15) is 29.3 Å². The summed E-state index contributed by atoms with van der Waals surface area (Å²) in [6.45, 7) is 15.0. The van der Waals surface area contributed by atoms with Gasteiger partial charge in [0, 0.05) is 0 Å². The number of esters is 2. The zero-order valence-corrected chi connectivity index (χ0v) is 31.4. The Labute approximate surface area is 305 Å². The second-order valence-electron chi connectivity index (χ2n) is 15.1. The molecule has 2 saturated heterocycles. The number of carbonyl (C=O) groups excluding carboxylic acids is 2. The molecule has 3 N–H and O–H groups in total. The van der Waals surface area contributed by atoms with Gasteiger partial charge in [-0.15, -0.1) is 0 Å². The monoisotopic (exact) mass is 701 g/mol. The molecular weight excluding hydrogens is 642 g/mol. The third-order valence-corrected chi connectivity index (χ3v) is 8.43. The summed E-state index contributed by atoms with van der Waals surface area (Å²) in [6.07, 6.45) is 7.01. The number of nitrogens with zero attached hydrogens (tertiary/aromatic N) is 2. The molecule has 3 atom stereocenters. The van der Waals surface area contributed by atoms with Gasteiger partial charge >= 0.3 is 17.9 Å². The number of hydrogen-bond acceptors (Lipinski definition) is 8. The highest BCUT2D eigenvalue weighted by Crippen LogP contribution is 2.28. The van der Waals surface area contributed by atoms with Crippen molar-refractivity contribution in [2.75, 3.05) is 26.2 Å². The fourth-order valence-corrected chi connectivity index (χ4v) is 6.15. The van der Waals surface area contributed by atoms with Crippen LogP contribution in [0.1, 0.15) is 115 Å². The predicted molar refractivity (Wildman–Crippen MR) is 202 cm³/mol. The molecule has 9 heteroatoms. The van der Waals surface area contributed by atoms with Crippen LogP contribution in [0.3, 0.4) is 0 Å². The fraction of sp³-hybridized carbons (Fsp3) is 0.500. The van der Waals surface area contributed by atoms with E-state index in [-0.39, 0.29) is 12.0 Å². The fourth-order valence-electron chi connectivity index (χ4n) is 6.15. The Morgan fingerprint density at radius 3 is 1.25 bits per heavy atom. The molecule has 51 heavy (non-hydrogen) atoms. The minimum Gasteiger partial charge on any atom is -0.480 e. The van der Waals surface area contributed by atoms with Crippen LogP contribution in [0.5, 0.6) is 0 Å². The molecule has 0 saturated carbocycles. The summed E-state index contributed by atoms with van der Waals surface area (Å²) < 4.78 is 10.8. The van der Waals surface area contributed by atoms with Gasteiger partial charge in [-0.3, -0.25) is 14.6 Å². The van der Waals surface area contributed by atoms with Crippen LogP contribution < -0.4 is 5.73 Å². The summed E-state index contributed by atoms with van der Waals surface area (Å²) in [5, 5.41) is 9.34. The van der Waals surface area contributed by atoms with E-state index in [1.165, 1.54) is 12.8 Å². The zero-order chi connectivity index (χ0) is 37.4. The maximum atomic E-state index is 12.6. The minimum absolute atomic E-state index is 0.134. The zero-order valence-electron chi connectivity index (χ0n) is 31.4. The SMILES string of the molecule is CC(C)(C)OC(=O)[C@@H](N)c1ccccc1.CC(C)(C)OC(=O)[C@@H](c1ccccc1)N1CCCCC1.O=C(O)[C@@H](c1ccccc1)N1CCCCC1. The quantitative estimate of drug-likeness (QED) is 0.226. The molecule has 5 rings (SSSR count). The highest BCUT2D eigenvalue weighted by Gasteiger charge is 2.32. The van der Waals surface area contributed by atoms with Crippen LogP contribution in [-0.4, -0.2) is 70.2 Å². The number of benzene rings is 3. The predicted octanol–water partition coefficient (Wildman–Crippen LogP) is 7.88. The summed E-state index contributed by atoms with van der Waals surface area (Å²) in [5.74, 6) is -1.27. The lowest BCUT2D eigenvalue weighted by molar-refractivity contribution is -0.162. The van der Waals surface area contributed by atoms with Gasteiger partial charge in [-0.2, -0.15) is 0 Å². The number of nitrogens with two attached hydrogens (primary N) is 1. The van der Waals surface area contributed by atoms with Gasteiger partial charge in [0.15, 0.2) is 0 Å². The molecule has 0 aliphatic carbocycles. The van der Waals surface area contributed by atoms with Crippen molar-refractivity contribution in [2.24, 2.45) is 5.73 Å². The van der Waals surface area contributed by atoms with E-state index in [1.807, 2.05) is 133 Å². The number of ether oxygens (including phenoxy) is 2. The Morgan fingerprint density at radius 1 is 0.549 bits per heavy atom. The average Bonchev–Trinajstić information content (AvgIpc) is 3.09. The lowest BCUT2D eigenvalue weighted by Gasteiger charge is -2.35. The third kappa shape index (κ3) is 14.6. The van der Waals surface area contributed by atoms with E-state index in [4.69, 9.17) is 15.2 Å². The van der Waals surface area contributed by atoms with Crippen molar-refractivity contribution >= 4 is 17.9 Å². The molecule has 2 heterocycles. The number of carbonyl (C=O) groups is 3. The van der Waals surface area contributed by atoms with Crippen molar-refractivity contribution < 1.29 is 29.0 Å². The lowest BCUT2D eigenvalue weighted by Crippen LogP contribution is -2.40. The van der Waals surface area contributed by atoms with Gasteiger partial charge in [-0.25, -0.2) is 9.59 Å². The van der Waals surface area contributed by atoms with Crippen molar-refractivity contribution in [3.05, 3.63) is 108 Å². The topological polar surface area (TPSA) is 122 Å². The normalized spacial score (nSPS) is 17.2. The largest absolute Gasteiger partial charge is 0.480 e. The van der Waals surface area contributed by atoms with Crippen LogP contribution in [0.4, 0.5) is 0 Å². The summed E-state index contributed by atoms with van der Waals surface area (Å²) in [6, 6.07) is 27.2. The summed E-state index contributed by atoms with van der Waals surface area (Å²) in [4.78, 5) is 39.9. The van der Waals surface area contributed by atoms with Crippen molar-refractivity contribution in [3.8, 4) is 0 Å². The van der Waals surface area contributed by atoms with Crippen LogP contribution in [0.15, 0.2) is 91.0 Å². The Morgan fingerprint density at radius 2 is 0.882 bits per heavy atom. The van der Waals surface area contributed by atoms with E-state index in [0.717, 1.165) is 68.6 Å². The van der Waals surface area contributed by atoms with Gasteiger partial charge in [-0.1, -0.05) is 104 Å². The first-order chi connectivity index (χ1) is 24.2. The number of aliphatic carboxylic acids is 1. The van der Waals surface area contributed by atoms with E-state index in [2.05, 4.69) is 9.80 Å². The van der Waals surface area contributed by atoms with Crippen molar-refractivity contribution in [1.82, 2.24) is 9.80 Å². The van der Waals surface area contributed by atoms with E-state index >= 15 is 0 Å². The molecule has 0 spiro atoms. The molecule has 0 amide bonds. The summed E-state index contributed by atoms with van der Waals surface area (Å²) >= 11 is 0. The van der Waals surface area contributed by atoms with E-state index in [0.29, 0.717) is 0 Å². The Kier molecular flexibility index (Phi) is 16.3. The van der Waals surface area contributed by atoms with Crippen molar-refractivity contribution in [1.29, 1.82) is 0 Å². The summed E-state index contributed by atoms with van der Waals surface area (Å²) in [7, 11) is 0. The summed E-state index contributed by atoms with van der Waals surface area (Å²) in [5.41, 5.74) is 7.52. The molecule has 3 aromatic carbocycles. The van der Waals surface area contributed by atoms with Gasteiger partial charge in [-0.05, 0) is 110 Å². The number of carboxylic acid groups (broad SMARTS) is 1. The van der Waals surface area contributed by atoms with Crippen LogP contribution in [0, 0.1) is 0 Å². The maximum Gasteiger partial charge on any atom is 0.328 e. The smallest absolute Gasteiger partial charge is 0.328 e. The molecule has 0 bridgehead atoms. The Hall–Kier alpha value is -4.05. The van der Waals surface area contributed by atoms with Gasteiger partial charge in [0.05, 0.1) is 0 Å². The lowest BCUT2D eigenvalue weighted by atomic mass is 10.0. The first-order valence-corrected chi connectivity index (χ1v) is 18.2. The van der Waals surface area contributed by atoms with Crippen LogP contribution in [0.2, 0.25) is 0 Å². The van der Waals surface area contributed by atoms with E-state index < -0.39 is 35.2 Å². The van der Waals surface area contributed by atoms with E-state index in [1.54, 1.807) is 0 Å². The average molecular weight is 702 g/mol. The molecular formula is C42H59N3O6. The number of likely N-dealkylation sites (tertiary alicyclic amines) is 2. The van der Waals surface area contributed by atoms with E-state index in [9.17, 15) is 19.5 Å². The van der Waals surface area contributed by atoms with Crippen LogP contribution in [-0.2, 0) is 23.9 Å². The molecule has 0 unspecified atom stereocenters. The third-order valence-electron chi connectivity index (χ3n) is 8.43. The molecule has 278 valence electrons. The second-order valence-corrected chi connectivity index (χ2v) is 15.1. The molecule has 0 radical (unpaired) electrons. The minimum atomic E-state index is -0.742. The van der Waals surface area contributed by atoms with Gasteiger partial charge in [0.25, 0.3) is 0 Å². The van der Waals surface area contributed by atoms with Crippen molar-refractivity contribution in [2.45, 2.75) is 109 Å². The van der Waals surface area contributed by atoms with Gasteiger partial charge in [0.2, 0.25) is 0 Å². The highest BCUT2D eigenvalue weighted by molar-refractivity contribution is 5.78. The first kappa shape index (κ1) is 41.4. The van der Waals surface area contributed by atoms with Crippen LogP contribution >= 0.6 is 0 Å². The standard InChI is InChI=1S/C17H25NO2.C13H17NO2.C12H17NO2/c1-17(2,3)20-16(19)15(14-10-6-4-7-11-14)18-12-8-5-9-13-18;15-13(16)12(11-7-3-1-4-8-11)14-9-5-2-6-10-14;1-12(2,3)15-11(14)10(13)9-7-5-4-6-8-9/h4,6-7,10-11,15H,5,8-9,12-13H2,1-3H3;1,3-4,7-8,12H,2,5-6,9-10H2,(H,15,16);4-8,10H,13H2,1-3H3/t15-;12-;10-/m110/s1. The first-order valence-electron chi connectivity index (χ1n) is 18.2. The number of hydrogen-bond donors (Lipinski definition) is 2. The van der Waals surface area contributed by atoms with Crippen LogP contribution in [0.25, 0.3) is 0 Å². The van der Waals surface area contributed by atoms with Gasteiger partial charge < -0.3 is 20.3 Å². The van der Waals surface area contributed by atoms with Crippen molar-refractivity contribution in [3.63, 3.8) is 0 Å². The number of carboxylic acids is 1. The molecule has 2 aliphatic heterocycles. The number of rotatable bonds is 8. The number of piperidine rings is 2. The highest BCUT2D eigenvalue weighted by atomic mass is 16.6. The molecule has 3 aromatic rings. The second kappa shape index (κ2) is 20.1. The molecule has 0 aromatic heterocycles. The molecule has 2 aliphatic rings. The Bertz CT molecular complexity index is 1460. The molecule has 9 nitrogen and oxygen atoms in total. The Balaban J connectivity index is 0.000000209. The maximum absolute atomic E-state index is 12.6. The molecule has 2 fully saturated rings.